The number of hydrogen-bond acceptors (Lipinski definition) is 3. The molecule has 0 atom stereocenters. The van der Waals surface area contributed by atoms with Crippen molar-refractivity contribution >= 4 is 5.71 Å². The molecule has 1 aromatic heterocycles. The molecular formula is C12H18N2O. The molecule has 1 aromatic rings. The lowest BCUT2D eigenvalue weighted by molar-refractivity contribution is 0.317. The maximum atomic E-state index is 8.90. The minimum Gasteiger partial charge on any atom is -0.411 e. The number of pyridine rings is 1. The van der Waals surface area contributed by atoms with Crippen molar-refractivity contribution < 1.29 is 5.21 Å². The normalized spacial score (nSPS) is 11.7. The molecule has 82 valence electrons. The molecule has 0 bridgehead atoms. The van der Waals surface area contributed by atoms with Crippen molar-refractivity contribution in [2.45, 2.75) is 39.0 Å². The first-order valence-electron chi connectivity index (χ1n) is 5.49. The lowest BCUT2D eigenvalue weighted by atomic mass is 10.1. The SMILES string of the molecule is CCCCCCC(=NO)c1cccnc1. The van der Waals surface area contributed by atoms with Crippen molar-refractivity contribution in [3.63, 3.8) is 0 Å². The summed E-state index contributed by atoms with van der Waals surface area (Å²) in [7, 11) is 0. The van der Waals surface area contributed by atoms with Crippen LogP contribution < -0.4 is 0 Å². The molecule has 0 aliphatic rings. The first-order chi connectivity index (χ1) is 7.38. The van der Waals surface area contributed by atoms with Crippen molar-refractivity contribution in [1.82, 2.24) is 4.98 Å². The molecule has 0 radical (unpaired) electrons. The van der Waals surface area contributed by atoms with Gasteiger partial charge in [-0.25, -0.2) is 0 Å². The molecule has 0 aliphatic heterocycles. The van der Waals surface area contributed by atoms with E-state index in [-0.39, 0.29) is 0 Å². The summed E-state index contributed by atoms with van der Waals surface area (Å²) < 4.78 is 0. The molecule has 1 N–H and O–H groups in total. The zero-order chi connectivity index (χ0) is 10.9. The Hall–Kier alpha value is -1.38. The van der Waals surface area contributed by atoms with Crippen LogP contribution in [0.4, 0.5) is 0 Å². The van der Waals surface area contributed by atoms with E-state index in [0.717, 1.165) is 24.1 Å². The Bertz CT molecular complexity index is 296. The van der Waals surface area contributed by atoms with Gasteiger partial charge in [-0.15, -0.1) is 0 Å². The van der Waals surface area contributed by atoms with Crippen molar-refractivity contribution in [2.24, 2.45) is 5.16 Å². The van der Waals surface area contributed by atoms with Crippen LogP contribution in [-0.4, -0.2) is 15.9 Å². The Morgan fingerprint density at radius 3 is 2.87 bits per heavy atom. The summed E-state index contributed by atoms with van der Waals surface area (Å²) in [4.78, 5) is 4.01. The van der Waals surface area contributed by atoms with E-state index in [9.17, 15) is 0 Å². The monoisotopic (exact) mass is 206 g/mol. The van der Waals surface area contributed by atoms with Crippen LogP contribution in [0, 0.1) is 0 Å². The third kappa shape index (κ3) is 4.11. The summed E-state index contributed by atoms with van der Waals surface area (Å²) in [5.41, 5.74) is 1.65. The molecule has 0 saturated heterocycles. The quantitative estimate of drug-likeness (QED) is 0.336. The van der Waals surface area contributed by atoms with Crippen LogP contribution in [0.5, 0.6) is 0 Å². The standard InChI is InChI=1S/C12H18N2O/c1-2-3-4-5-8-12(14-15)11-7-6-9-13-10-11/h6-7,9-10,15H,2-5,8H2,1H3. The van der Waals surface area contributed by atoms with Gasteiger partial charge in [0.15, 0.2) is 0 Å². The van der Waals surface area contributed by atoms with Crippen LogP contribution in [-0.2, 0) is 0 Å². The summed E-state index contributed by atoms with van der Waals surface area (Å²) in [5.74, 6) is 0. The third-order valence-electron chi connectivity index (χ3n) is 2.38. The van der Waals surface area contributed by atoms with E-state index < -0.39 is 0 Å². The van der Waals surface area contributed by atoms with Gasteiger partial charge in [0, 0.05) is 18.0 Å². The highest BCUT2D eigenvalue weighted by Gasteiger charge is 2.03. The summed E-state index contributed by atoms with van der Waals surface area (Å²) >= 11 is 0. The van der Waals surface area contributed by atoms with Gasteiger partial charge in [-0.3, -0.25) is 4.98 Å². The fourth-order valence-corrected chi connectivity index (χ4v) is 1.50. The second-order valence-electron chi connectivity index (χ2n) is 3.60. The third-order valence-corrected chi connectivity index (χ3v) is 2.38. The van der Waals surface area contributed by atoms with Crippen molar-refractivity contribution in [3.05, 3.63) is 30.1 Å². The lowest BCUT2D eigenvalue weighted by Crippen LogP contribution is -2.01. The number of unbranched alkanes of at least 4 members (excludes halogenated alkanes) is 3. The Kier molecular flexibility index (Phi) is 5.44. The lowest BCUT2D eigenvalue weighted by Gasteiger charge is -2.03. The van der Waals surface area contributed by atoms with E-state index in [4.69, 9.17) is 5.21 Å². The number of hydrogen-bond donors (Lipinski definition) is 1. The average molecular weight is 206 g/mol. The molecule has 0 aromatic carbocycles. The van der Waals surface area contributed by atoms with E-state index >= 15 is 0 Å². The zero-order valence-electron chi connectivity index (χ0n) is 9.19. The summed E-state index contributed by atoms with van der Waals surface area (Å²) in [5, 5.41) is 12.2. The van der Waals surface area contributed by atoms with E-state index in [1.54, 1.807) is 12.4 Å². The molecule has 0 spiro atoms. The van der Waals surface area contributed by atoms with Gasteiger partial charge in [0.25, 0.3) is 0 Å². The maximum absolute atomic E-state index is 8.90. The van der Waals surface area contributed by atoms with Crippen molar-refractivity contribution in [3.8, 4) is 0 Å². The van der Waals surface area contributed by atoms with E-state index in [1.165, 1.54) is 19.3 Å². The maximum Gasteiger partial charge on any atom is 0.0883 e. The van der Waals surface area contributed by atoms with E-state index in [2.05, 4.69) is 17.1 Å². The van der Waals surface area contributed by atoms with E-state index in [1.807, 2.05) is 12.1 Å². The van der Waals surface area contributed by atoms with Crippen LogP contribution in [0.1, 0.15) is 44.6 Å². The average Bonchev–Trinajstić information content (AvgIpc) is 2.30. The first-order valence-corrected chi connectivity index (χ1v) is 5.49. The summed E-state index contributed by atoms with van der Waals surface area (Å²) in [6.45, 7) is 2.18. The van der Waals surface area contributed by atoms with Crippen LogP contribution in [0.2, 0.25) is 0 Å². The molecule has 0 aliphatic carbocycles. The minimum atomic E-state index is 0.735. The molecule has 1 heterocycles. The highest BCUT2D eigenvalue weighted by Crippen LogP contribution is 2.08. The fraction of sp³-hybridized carbons (Fsp3) is 0.500. The van der Waals surface area contributed by atoms with Crippen LogP contribution in [0.15, 0.2) is 29.7 Å². The molecule has 0 amide bonds. The van der Waals surface area contributed by atoms with Crippen LogP contribution in [0.3, 0.4) is 0 Å². The highest BCUT2D eigenvalue weighted by atomic mass is 16.4. The Morgan fingerprint density at radius 1 is 1.40 bits per heavy atom. The smallest absolute Gasteiger partial charge is 0.0883 e. The molecule has 0 unspecified atom stereocenters. The number of oxime groups is 1. The molecule has 0 saturated carbocycles. The Morgan fingerprint density at radius 2 is 2.27 bits per heavy atom. The molecule has 3 nitrogen and oxygen atoms in total. The number of aromatic nitrogens is 1. The predicted octanol–water partition coefficient (Wildman–Crippen LogP) is 3.23. The highest BCUT2D eigenvalue weighted by molar-refractivity contribution is 5.99. The van der Waals surface area contributed by atoms with Crippen LogP contribution in [0.25, 0.3) is 0 Å². The fourth-order valence-electron chi connectivity index (χ4n) is 1.50. The molecule has 0 fully saturated rings. The summed E-state index contributed by atoms with van der Waals surface area (Å²) in [6.07, 6.45) is 8.99. The molecule has 3 heteroatoms. The molecule has 1 rings (SSSR count). The second-order valence-corrected chi connectivity index (χ2v) is 3.60. The molecular weight excluding hydrogens is 188 g/mol. The number of nitrogens with zero attached hydrogens (tertiary/aromatic N) is 2. The topological polar surface area (TPSA) is 45.5 Å². The first kappa shape index (κ1) is 11.7. The van der Waals surface area contributed by atoms with Gasteiger partial charge in [-0.2, -0.15) is 0 Å². The van der Waals surface area contributed by atoms with Gasteiger partial charge in [0.05, 0.1) is 5.71 Å². The van der Waals surface area contributed by atoms with Crippen LogP contribution >= 0.6 is 0 Å². The predicted molar refractivity (Wildman–Crippen MR) is 61.3 cm³/mol. The van der Waals surface area contributed by atoms with Gasteiger partial charge in [-0.05, 0) is 25.0 Å². The Balaban J connectivity index is 2.44. The van der Waals surface area contributed by atoms with Gasteiger partial charge in [0.2, 0.25) is 0 Å². The second kappa shape index (κ2) is 6.98. The molecule has 15 heavy (non-hydrogen) atoms. The minimum absolute atomic E-state index is 0.735. The van der Waals surface area contributed by atoms with Crippen molar-refractivity contribution in [1.29, 1.82) is 0 Å². The van der Waals surface area contributed by atoms with Gasteiger partial charge in [-0.1, -0.05) is 31.3 Å². The number of rotatable bonds is 6. The van der Waals surface area contributed by atoms with Gasteiger partial charge < -0.3 is 5.21 Å². The van der Waals surface area contributed by atoms with Crippen molar-refractivity contribution in [2.75, 3.05) is 0 Å². The van der Waals surface area contributed by atoms with E-state index in [0.29, 0.717) is 0 Å². The summed E-state index contributed by atoms with van der Waals surface area (Å²) in [6, 6.07) is 3.77. The zero-order valence-corrected chi connectivity index (χ0v) is 9.19. The van der Waals surface area contributed by atoms with Gasteiger partial charge >= 0.3 is 0 Å². The largest absolute Gasteiger partial charge is 0.411 e. The van der Waals surface area contributed by atoms with Gasteiger partial charge in [0.1, 0.15) is 0 Å². The Labute approximate surface area is 90.8 Å².